The predicted molar refractivity (Wildman–Crippen MR) is 143 cm³/mol. The Hall–Kier alpha value is -3.54. The number of benzene rings is 3. The molecule has 0 bridgehead atoms. The summed E-state index contributed by atoms with van der Waals surface area (Å²) in [5.74, 6) is 1.64. The third kappa shape index (κ3) is 6.24. The molecule has 1 heterocycles. The summed E-state index contributed by atoms with van der Waals surface area (Å²) in [4.78, 5) is 13.7. The molecule has 0 spiro atoms. The van der Waals surface area contributed by atoms with Crippen LogP contribution in [0.15, 0.2) is 66.7 Å². The van der Waals surface area contributed by atoms with Crippen LogP contribution in [0.2, 0.25) is 0 Å². The number of hydrogen-bond donors (Lipinski definition) is 1. The van der Waals surface area contributed by atoms with Gasteiger partial charge in [-0.2, -0.15) is 0 Å². The first-order valence-electron chi connectivity index (χ1n) is 13.1. The van der Waals surface area contributed by atoms with Crippen LogP contribution < -0.4 is 14.4 Å². The summed E-state index contributed by atoms with van der Waals surface area (Å²) < 4.78 is 25.2. The summed E-state index contributed by atoms with van der Waals surface area (Å²) in [5, 5.41) is 9.33. The van der Waals surface area contributed by atoms with Gasteiger partial charge in [0.2, 0.25) is 0 Å². The van der Waals surface area contributed by atoms with Crippen molar-refractivity contribution in [3.05, 3.63) is 78.1 Å². The highest BCUT2D eigenvalue weighted by atomic mass is 19.1. The van der Waals surface area contributed by atoms with Crippen molar-refractivity contribution in [2.24, 2.45) is 11.8 Å². The first-order chi connectivity index (χ1) is 18.0. The smallest absolute Gasteiger partial charge is 0.303 e. The fraction of sp³-hybridized carbons (Fsp3) is 0.387. The van der Waals surface area contributed by atoms with Crippen LogP contribution >= 0.6 is 0 Å². The molecule has 1 N–H and O–H groups in total. The highest BCUT2D eigenvalue weighted by molar-refractivity contribution is 5.80. The van der Waals surface area contributed by atoms with Gasteiger partial charge in [0, 0.05) is 30.4 Å². The van der Waals surface area contributed by atoms with E-state index in [1.54, 1.807) is 7.11 Å². The average molecular weight is 504 g/mol. The highest BCUT2D eigenvalue weighted by Gasteiger charge is 2.34. The summed E-state index contributed by atoms with van der Waals surface area (Å²) in [7, 11) is 1.67. The number of anilines is 1. The fourth-order valence-electron chi connectivity index (χ4n) is 5.41. The van der Waals surface area contributed by atoms with Gasteiger partial charge in [0.05, 0.1) is 20.1 Å². The zero-order valence-corrected chi connectivity index (χ0v) is 21.2. The van der Waals surface area contributed by atoms with Crippen LogP contribution in [0.4, 0.5) is 10.1 Å². The van der Waals surface area contributed by atoms with Crippen molar-refractivity contribution in [2.75, 3.05) is 31.7 Å². The number of carboxylic acids is 1. The lowest BCUT2D eigenvalue weighted by molar-refractivity contribution is -0.137. The quantitative estimate of drug-likeness (QED) is 0.331. The Bertz CT molecular complexity index is 1220. The van der Waals surface area contributed by atoms with Crippen LogP contribution in [0.1, 0.15) is 43.6 Å². The molecule has 1 aliphatic heterocycles. The largest absolute Gasteiger partial charge is 0.497 e. The average Bonchev–Trinajstić information content (AvgIpc) is 3.77. The summed E-state index contributed by atoms with van der Waals surface area (Å²) in [6.45, 7) is 2.45. The maximum atomic E-state index is 13.5. The highest BCUT2D eigenvalue weighted by Crippen LogP contribution is 2.45. The maximum Gasteiger partial charge on any atom is 0.303 e. The monoisotopic (exact) mass is 503 g/mol. The van der Waals surface area contributed by atoms with Crippen LogP contribution in [0.3, 0.4) is 0 Å². The number of halogens is 1. The lowest BCUT2D eigenvalue weighted by Gasteiger charge is -2.35. The molecule has 0 radical (unpaired) electrons. The van der Waals surface area contributed by atoms with Crippen LogP contribution in [0.25, 0.3) is 11.1 Å². The summed E-state index contributed by atoms with van der Waals surface area (Å²) >= 11 is 0. The van der Waals surface area contributed by atoms with E-state index < -0.39 is 5.97 Å². The number of carboxylic acid groups (broad SMARTS) is 1. The van der Waals surface area contributed by atoms with Gasteiger partial charge in [0.25, 0.3) is 0 Å². The third-order valence-electron chi connectivity index (χ3n) is 7.67. The first kappa shape index (κ1) is 25.1. The van der Waals surface area contributed by atoms with Gasteiger partial charge in [0.15, 0.2) is 0 Å². The topological polar surface area (TPSA) is 59.0 Å². The number of nitrogens with zero attached hydrogens (tertiary/aromatic N) is 1. The van der Waals surface area contributed by atoms with Crippen molar-refractivity contribution in [3.63, 3.8) is 0 Å². The second-order valence-electron chi connectivity index (χ2n) is 10.2. The molecular weight excluding hydrogens is 469 g/mol. The van der Waals surface area contributed by atoms with Gasteiger partial charge in [-0.15, -0.1) is 0 Å². The molecule has 37 heavy (non-hydrogen) atoms. The second kappa shape index (κ2) is 11.2. The molecule has 2 fully saturated rings. The van der Waals surface area contributed by atoms with E-state index in [4.69, 9.17) is 9.47 Å². The van der Waals surface area contributed by atoms with E-state index in [9.17, 15) is 14.3 Å². The fourth-order valence-corrected chi connectivity index (χ4v) is 5.41. The molecule has 5 nitrogen and oxygen atoms in total. The van der Waals surface area contributed by atoms with Gasteiger partial charge in [0.1, 0.15) is 17.3 Å². The van der Waals surface area contributed by atoms with E-state index in [0.29, 0.717) is 18.4 Å². The Morgan fingerprint density at radius 1 is 1.00 bits per heavy atom. The zero-order chi connectivity index (χ0) is 25.8. The van der Waals surface area contributed by atoms with Gasteiger partial charge in [-0.1, -0.05) is 24.3 Å². The molecule has 2 aliphatic rings. The third-order valence-corrected chi connectivity index (χ3v) is 7.67. The molecule has 0 aromatic heterocycles. The van der Waals surface area contributed by atoms with Gasteiger partial charge in [-0.25, -0.2) is 4.39 Å². The van der Waals surface area contributed by atoms with Gasteiger partial charge >= 0.3 is 5.97 Å². The standard InChI is InChI=1S/C31H34FNO4/c1-36-26-11-12-28(22-7-9-25(32)10-8-22)30(18-26)33-15-13-21(14-16-33)20-37-27-4-2-3-24(17-27)29(19-31(34)35)23-5-6-23/h2-4,7-12,17-18,21,23,29H,5-6,13-16,19-20H2,1H3,(H,34,35). The van der Waals surface area contributed by atoms with E-state index >= 15 is 0 Å². The Labute approximate surface area is 217 Å². The summed E-state index contributed by atoms with van der Waals surface area (Å²) in [5.41, 5.74) is 4.22. The Kier molecular flexibility index (Phi) is 7.63. The van der Waals surface area contributed by atoms with Crippen LogP contribution in [0, 0.1) is 17.7 Å². The van der Waals surface area contributed by atoms with Gasteiger partial charge in [-0.05, 0) is 91.0 Å². The normalized spacial score (nSPS) is 16.9. The number of ether oxygens (including phenoxy) is 2. The zero-order valence-electron chi connectivity index (χ0n) is 21.2. The minimum absolute atomic E-state index is 0.0717. The van der Waals surface area contributed by atoms with Crippen LogP contribution in [0.5, 0.6) is 11.5 Å². The SMILES string of the molecule is COc1ccc(-c2ccc(F)cc2)c(N2CCC(COc3cccc(C(CC(=O)O)C4CC4)c3)CC2)c1. The molecular formula is C31H34FNO4. The van der Waals surface area contributed by atoms with E-state index in [2.05, 4.69) is 11.0 Å². The van der Waals surface area contributed by atoms with Crippen molar-refractivity contribution in [2.45, 2.75) is 38.0 Å². The van der Waals surface area contributed by atoms with Crippen molar-refractivity contribution >= 4 is 11.7 Å². The lowest BCUT2D eigenvalue weighted by Crippen LogP contribution is -2.35. The van der Waals surface area contributed by atoms with Gasteiger partial charge in [-0.3, -0.25) is 4.79 Å². The number of methoxy groups -OCH3 is 1. The Morgan fingerprint density at radius 3 is 2.43 bits per heavy atom. The van der Waals surface area contributed by atoms with E-state index in [-0.39, 0.29) is 18.2 Å². The number of aliphatic carboxylic acids is 1. The summed E-state index contributed by atoms with van der Waals surface area (Å²) in [6, 6.07) is 20.7. The van der Waals surface area contributed by atoms with Crippen molar-refractivity contribution in [1.29, 1.82) is 0 Å². The molecule has 1 aliphatic carbocycles. The molecule has 0 amide bonds. The van der Waals surface area contributed by atoms with E-state index in [1.165, 1.54) is 12.1 Å². The number of hydrogen-bond acceptors (Lipinski definition) is 4. The molecule has 1 atom stereocenters. The molecule has 1 saturated carbocycles. The van der Waals surface area contributed by atoms with E-state index in [1.807, 2.05) is 48.5 Å². The number of rotatable bonds is 10. The molecule has 6 heteroatoms. The van der Waals surface area contributed by atoms with Crippen LogP contribution in [-0.2, 0) is 4.79 Å². The van der Waals surface area contributed by atoms with Crippen LogP contribution in [-0.4, -0.2) is 37.9 Å². The number of carbonyl (C=O) groups is 1. The second-order valence-corrected chi connectivity index (χ2v) is 10.2. The molecule has 3 aromatic rings. The minimum atomic E-state index is -0.742. The van der Waals surface area contributed by atoms with E-state index in [0.717, 1.165) is 72.6 Å². The lowest BCUT2D eigenvalue weighted by atomic mass is 9.91. The van der Waals surface area contributed by atoms with Crippen molar-refractivity contribution in [3.8, 4) is 22.6 Å². The molecule has 5 rings (SSSR count). The molecule has 3 aromatic carbocycles. The Balaban J connectivity index is 1.21. The summed E-state index contributed by atoms with van der Waals surface area (Å²) in [6.07, 6.45) is 4.40. The first-order valence-corrected chi connectivity index (χ1v) is 13.1. The Morgan fingerprint density at radius 2 is 1.76 bits per heavy atom. The van der Waals surface area contributed by atoms with Crippen molar-refractivity contribution in [1.82, 2.24) is 0 Å². The number of piperidine rings is 1. The van der Waals surface area contributed by atoms with Crippen molar-refractivity contribution < 1.29 is 23.8 Å². The molecule has 1 saturated heterocycles. The van der Waals surface area contributed by atoms with Gasteiger partial charge < -0.3 is 19.5 Å². The maximum absolute atomic E-state index is 13.5. The minimum Gasteiger partial charge on any atom is -0.497 e. The predicted octanol–water partition coefficient (Wildman–Crippen LogP) is 6.77. The molecule has 194 valence electrons. The molecule has 1 unspecified atom stereocenters.